The smallest absolute Gasteiger partial charge is 0.311 e. The molecular formula is C27H26N2O6. The monoisotopic (exact) mass is 474 g/mol. The lowest BCUT2D eigenvalue weighted by atomic mass is 10.1. The fourth-order valence-electron chi connectivity index (χ4n) is 3.79. The molecular weight excluding hydrogens is 448 g/mol. The van der Waals surface area contributed by atoms with Crippen LogP contribution in [0.15, 0.2) is 72.8 Å². The molecule has 8 heteroatoms. The summed E-state index contributed by atoms with van der Waals surface area (Å²) in [4.78, 5) is 38.7. The van der Waals surface area contributed by atoms with Gasteiger partial charge in [-0.25, -0.2) is 0 Å². The summed E-state index contributed by atoms with van der Waals surface area (Å²) in [5, 5.41) is 2.72. The number of aryl methyl sites for hydroxylation is 1. The third-order valence-corrected chi connectivity index (χ3v) is 5.67. The average Bonchev–Trinajstić information content (AvgIpc) is 3.26. The van der Waals surface area contributed by atoms with Crippen molar-refractivity contribution in [1.82, 2.24) is 0 Å². The number of hydrogen-bond donors (Lipinski definition) is 1. The van der Waals surface area contributed by atoms with Crippen LogP contribution in [0.3, 0.4) is 0 Å². The van der Waals surface area contributed by atoms with Crippen molar-refractivity contribution in [2.75, 3.05) is 30.5 Å². The minimum atomic E-state index is -0.640. The summed E-state index contributed by atoms with van der Waals surface area (Å²) in [6.07, 6.45) is 0.0255. The summed E-state index contributed by atoms with van der Waals surface area (Å²) in [6, 6.07) is 21.6. The van der Waals surface area contributed by atoms with E-state index in [1.165, 1.54) is 4.90 Å². The maximum absolute atomic E-state index is 12.6. The first kappa shape index (κ1) is 23.8. The summed E-state index contributed by atoms with van der Waals surface area (Å²) in [5.41, 5.74) is 2.22. The number of rotatable bonds is 8. The Morgan fingerprint density at radius 1 is 0.971 bits per heavy atom. The molecule has 0 spiro atoms. The topological polar surface area (TPSA) is 94.2 Å². The van der Waals surface area contributed by atoms with Crippen molar-refractivity contribution in [3.05, 3.63) is 78.4 Å². The van der Waals surface area contributed by atoms with Gasteiger partial charge in [0.15, 0.2) is 18.1 Å². The molecule has 3 aromatic carbocycles. The third-order valence-electron chi connectivity index (χ3n) is 5.67. The predicted octanol–water partition coefficient (Wildman–Crippen LogP) is 4.33. The minimum Gasteiger partial charge on any atom is -0.493 e. The van der Waals surface area contributed by atoms with Crippen molar-refractivity contribution in [1.29, 1.82) is 0 Å². The SMILES string of the molecule is COc1ccccc1Oc1ccc(N2C[C@H](C(=O)OCC(=O)Nc3ccccc3C)CC2=O)cc1. The highest BCUT2D eigenvalue weighted by Gasteiger charge is 2.36. The molecule has 0 saturated carbocycles. The number of carbonyl (C=O) groups is 3. The quantitative estimate of drug-likeness (QED) is 0.489. The summed E-state index contributed by atoms with van der Waals surface area (Å²) in [7, 11) is 1.57. The van der Waals surface area contributed by atoms with Crippen LogP contribution >= 0.6 is 0 Å². The largest absolute Gasteiger partial charge is 0.493 e. The van der Waals surface area contributed by atoms with E-state index in [4.69, 9.17) is 14.2 Å². The van der Waals surface area contributed by atoms with E-state index in [1.54, 1.807) is 49.6 Å². The zero-order chi connectivity index (χ0) is 24.8. The first-order valence-corrected chi connectivity index (χ1v) is 11.2. The van der Waals surface area contributed by atoms with E-state index in [2.05, 4.69) is 5.32 Å². The molecule has 35 heavy (non-hydrogen) atoms. The van der Waals surface area contributed by atoms with E-state index in [1.807, 2.05) is 37.3 Å². The van der Waals surface area contributed by atoms with Gasteiger partial charge in [-0.05, 0) is 55.0 Å². The number of carbonyl (C=O) groups excluding carboxylic acids is 3. The van der Waals surface area contributed by atoms with Crippen molar-refractivity contribution in [2.24, 2.45) is 5.92 Å². The van der Waals surface area contributed by atoms with E-state index in [0.717, 1.165) is 5.56 Å². The fraction of sp³-hybridized carbons (Fsp3) is 0.222. The molecule has 0 aromatic heterocycles. The van der Waals surface area contributed by atoms with E-state index in [-0.39, 0.29) is 18.9 Å². The molecule has 8 nitrogen and oxygen atoms in total. The lowest BCUT2D eigenvalue weighted by molar-refractivity contribution is -0.151. The number of esters is 1. The highest BCUT2D eigenvalue weighted by Crippen LogP contribution is 2.33. The van der Waals surface area contributed by atoms with Crippen LogP contribution in [0.25, 0.3) is 0 Å². The van der Waals surface area contributed by atoms with Crippen LogP contribution in [-0.4, -0.2) is 38.0 Å². The number of anilines is 2. The molecule has 1 aliphatic rings. The number of methoxy groups -OCH3 is 1. The first-order chi connectivity index (χ1) is 16.9. The second kappa shape index (κ2) is 10.7. The molecule has 1 saturated heterocycles. The van der Waals surface area contributed by atoms with Gasteiger partial charge in [-0.2, -0.15) is 0 Å². The van der Waals surface area contributed by atoms with Gasteiger partial charge >= 0.3 is 5.97 Å². The summed E-state index contributed by atoms with van der Waals surface area (Å²) >= 11 is 0. The normalized spacial score (nSPS) is 15.0. The zero-order valence-corrected chi connectivity index (χ0v) is 19.5. The summed E-state index contributed by atoms with van der Waals surface area (Å²) in [5.74, 6) is -0.0561. The molecule has 180 valence electrons. The van der Waals surface area contributed by atoms with E-state index < -0.39 is 24.4 Å². The molecule has 1 N–H and O–H groups in total. The molecule has 3 aromatic rings. The lowest BCUT2D eigenvalue weighted by Crippen LogP contribution is -2.28. The van der Waals surface area contributed by atoms with Crippen LogP contribution in [0.5, 0.6) is 17.2 Å². The van der Waals surface area contributed by atoms with Crippen LogP contribution in [0, 0.1) is 12.8 Å². The molecule has 0 bridgehead atoms. The number of para-hydroxylation sites is 3. The number of hydrogen-bond acceptors (Lipinski definition) is 6. The van der Waals surface area contributed by atoms with Crippen LogP contribution in [0.2, 0.25) is 0 Å². The van der Waals surface area contributed by atoms with Gasteiger partial charge in [-0.15, -0.1) is 0 Å². The minimum absolute atomic E-state index is 0.0255. The van der Waals surface area contributed by atoms with E-state index in [0.29, 0.717) is 28.6 Å². The van der Waals surface area contributed by atoms with Crippen molar-refractivity contribution in [2.45, 2.75) is 13.3 Å². The van der Waals surface area contributed by atoms with Crippen LogP contribution in [0.4, 0.5) is 11.4 Å². The lowest BCUT2D eigenvalue weighted by Gasteiger charge is -2.17. The Balaban J connectivity index is 1.31. The van der Waals surface area contributed by atoms with Gasteiger partial charge in [0.25, 0.3) is 5.91 Å². The maximum Gasteiger partial charge on any atom is 0.311 e. The van der Waals surface area contributed by atoms with E-state index >= 15 is 0 Å². The highest BCUT2D eigenvalue weighted by molar-refractivity contribution is 6.00. The number of ether oxygens (including phenoxy) is 3. The van der Waals surface area contributed by atoms with Crippen LogP contribution in [0.1, 0.15) is 12.0 Å². The van der Waals surface area contributed by atoms with Crippen LogP contribution < -0.4 is 19.7 Å². The Labute approximate surface area is 203 Å². The fourth-order valence-corrected chi connectivity index (χ4v) is 3.79. The van der Waals surface area contributed by atoms with E-state index in [9.17, 15) is 14.4 Å². The van der Waals surface area contributed by atoms with Crippen LogP contribution in [-0.2, 0) is 19.1 Å². The number of benzene rings is 3. The Morgan fingerprint density at radius 2 is 1.66 bits per heavy atom. The molecule has 4 rings (SSSR count). The van der Waals surface area contributed by atoms with Crippen molar-refractivity contribution in [3.63, 3.8) is 0 Å². The highest BCUT2D eigenvalue weighted by atomic mass is 16.5. The van der Waals surface area contributed by atoms with Crippen molar-refractivity contribution >= 4 is 29.2 Å². The van der Waals surface area contributed by atoms with Gasteiger partial charge in [-0.3, -0.25) is 14.4 Å². The van der Waals surface area contributed by atoms with Crippen molar-refractivity contribution < 1.29 is 28.6 Å². The standard InChI is InChI=1S/C27H26N2O6/c1-18-7-3-4-8-22(18)28-25(30)17-34-27(32)19-15-26(31)29(16-19)20-11-13-21(14-12-20)35-24-10-6-5-9-23(24)33-2/h3-14,19H,15-17H2,1-2H3,(H,28,30)/t19-/m1/s1. The number of nitrogens with one attached hydrogen (secondary N) is 1. The Hall–Kier alpha value is -4.33. The van der Waals surface area contributed by atoms with Gasteiger partial charge in [0.2, 0.25) is 5.91 Å². The van der Waals surface area contributed by atoms with Gasteiger partial charge in [0.1, 0.15) is 5.75 Å². The second-order valence-electron chi connectivity index (χ2n) is 8.12. The zero-order valence-electron chi connectivity index (χ0n) is 19.5. The number of nitrogens with zero attached hydrogens (tertiary/aromatic N) is 1. The van der Waals surface area contributed by atoms with Gasteiger partial charge in [-0.1, -0.05) is 30.3 Å². The number of amides is 2. The first-order valence-electron chi connectivity index (χ1n) is 11.2. The summed E-state index contributed by atoms with van der Waals surface area (Å²) in [6.45, 7) is 1.65. The molecule has 1 heterocycles. The molecule has 1 fully saturated rings. The molecule has 1 atom stereocenters. The molecule has 0 radical (unpaired) electrons. The maximum atomic E-state index is 12.6. The Kier molecular flexibility index (Phi) is 7.30. The van der Waals surface area contributed by atoms with Gasteiger partial charge in [0.05, 0.1) is 13.0 Å². The second-order valence-corrected chi connectivity index (χ2v) is 8.12. The molecule has 2 amide bonds. The Bertz CT molecular complexity index is 1220. The average molecular weight is 475 g/mol. The molecule has 0 aliphatic carbocycles. The molecule has 1 aliphatic heterocycles. The molecule has 0 unspecified atom stereocenters. The van der Waals surface area contributed by atoms with Crippen molar-refractivity contribution in [3.8, 4) is 17.2 Å². The Morgan fingerprint density at radius 3 is 2.37 bits per heavy atom. The van der Waals surface area contributed by atoms with Gasteiger partial charge < -0.3 is 24.4 Å². The predicted molar refractivity (Wildman–Crippen MR) is 131 cm³/mol. The van der Waals surface area contributed by atoms with Gasteiger partial charge in [0, 0.05) is 24.3 Å². The third kappa shape index (κ3) is 5.78. The summed E-state index contributed by atoms with van der Waals surface area (Å²) < 4.78 is 16.3.